The Balaban J connectivity index is 1.53. The van der Waals surface area contributed by atoms with Crippen molar-refractivity contribution >= 4 is 11.5 Å². The zero-order valence-electron chi connectivity index (χ0n) is 15.9. The lowest BCUT2D eigenvalue weighted by molar-refractivity contribution is 0.173. The van der Waals surface area contributed by atoms with Gasteiger partial charge in [0, 0.05) is 62.1 Å². The Bertz CT molecular complexity index is 820. The monoisotopic (exact) mass is 383 g/mol. The molecule has 0 spiro atoms. The number of rotatable bonds is 6. The molecule has 1 aliphatic heterocycles. The van der Waals surface area contributed by atoms with Crippen LogP contribution in [0.4, 0.5) is 10.1 Å². The smallest absolute Gasteiger partial charge is 0.128 e. The molecule has 0 amide bonds. The Hall–Kier alpha value is -2.84. The van der Waals surface area contributed by atoms with E-state index < -0.39 is 0 Å². The van der Waals surface area contributed by atoms with Gasteiger partial charge in [-0.2, -0.15) is 0 Å². The van der Waals surface area contributed by atoms with E-state index in [-0.39, 0.29) is 17.9 Å². The number of likely N-dealkylation sites (tertiary alicyclic amines) is 1. The fourth-order valence-corrected chi connectivity index (χ4v) is 3.09. The minimum atomic E-state index is -0.300. The van der Waals surface area contributed by atoms with Crippen molar-refractivity contribution in [2.45, 2.75) is 32.0 Å². The third-order valence-electron chi connectivity index (χ3n) is 4.74. The molecular formula is C20H26FN7. The van der Waals surface area contributed by atoms with Crippen LogP contribution < -0.4 is 16.8 Å². The quantitative estimate of drug-likeness (QED) is 0.518. The van der Waals surface area contributed by atoms with E-state index in [9.17, 15) is 4.39 Å². The van der Waals surface area contributed by atoms with Crippen molar-refractivity contribution in [2.24, 2.45) is 16.5 Å². The molecule has 0 saturated carbocycles. The number of aliphatic imine (C=N–C) groups is 1. The third-order valence-corrected chi connectivity index (χ3v) is 4.74. The molecule has 0 unspecified atom stereocenters. The molecule has 1 aromatic heterocycles. The van der Waals surface area contributed by atoms with E-state index in [2.05, 4.69) is 25.2 Å². The highest BCUT2D eigenvalue weighted by Crippen LogP contribution is 2.14. The summed E-state index contributed by atoms with van der Waals surface area (Å²) in [4.78, 5) is 15.0. The van der Waals surface area contributed by atoms with Gasteiger partial charge in [-0.25, -0.2) is 9.38 Å². The largest absolute Gasteiger partial charge is 0.386 e. The summed E-state index contributed by atoms with van der Waals surface area (Å²) in [6.07, 6.45) is 7.93. The van der Waals surface area contributed by atoms with Gasteiger partial charge in [0.05, 0.1) is 11.4 Å². The van der Waals surface area contributed by atoms with Gasteiger partial charge >= 0.3 is 0 Å². The van der Waals surface area contributed by atoms with Crippen molar-refractivity contribution < 1.29 is 4.39 Å². The molecule has 1 aromatic carbocycles. The van der Waals surface area contributed by atoms with E-state index in [1.807, 2.05) is 13.1 Å². The second-order valence-electron chi connectivity index (χ2n) is 6.96. The third kappa shape index (κ3) is 5.58. The summed E-state index contributed by atoms with van der Waals surface area (Å²) in [7, 11) is 0. The zero-order chi connectivity index (χ0) is 19.9. The van der Waals surface area contributed by atoms with Crippen LogP contribution in [0.1, 0.15) is 19.0 Å². The molecule has 2 atom stereocenters. The van der Waals surface area contributed by atoms with Crippen molar-refractivity contribution in [3.63, 3.8) is 0 Å². The van der Waals surface area contributed by atoms with Gasteiger partial charge in [0.15, 0.2) is 0 Å². The molecule has 3 rings (SSSR count). The first-order valence-electron chi connectivity index (χ1n) is 9.27. The number of amidine groups is 1. The molecule has 7 nitrogen and oxygen atoms in total. The van der Waals surface area contributed by atoms with Crippen molar-refractivity contribution in [3.05, 3.63) is 66.1 Å². The van der Waals surface area contributed by atoms with Crippen LogP contribution in [0.2, 0.25) is 0 Å². The van der Waals surface area contributed by atoms with Crippen LogP contribution >= 0.6 is 0 Å². The molecule has 1 saturated heterocycles. The summed E-state index contributed by atoms with van der Waals surface area (Å²) in [6, 6.07) is 6.04. The van der Waals surface area contributed by atoms with Gasteiger partial charge in [0.1, 0.15) is 11.7 Å². The number of halogens is 1. The maximum atomic E-state index is 13.0. The molecule has 28 heavy (non-hydrogen) atoms. The summed E-state index contributed by atoms with van der Waals surface area (Å²) in [6.45, 7) is 4.33. The SMILES string of the molecule is C/C(=C/N[C@@H]1CCN(Cc2cnccn2)C[C@H]1N)C(N)=Nc1ccc(F)cc1. The van der Waals surface area contributed by atoms with E-state index in [1.165, 1.54) is 12.1 Å². The van der Waals surface area contributed by atoms with Crippen LogP contribution in [0.5, 0.6) is 0 Å². The van der Waals surface area contributed by atoms with Crippen LogP contribution in [0.15, 0.2) is 59.6 Å². The van der Waals surface area contributed by atoms with Crippen molar-refractivity contribution in [1.29, 1.82) is 0 Å². The average molecular weight is 383 g/mol. The second kappa shape index (κ2) is 9.38. The maximum absolute atomic E-state index is 13.0. The number of aromatic nitrogens is 2. The first-order chi connectivity index (χ1) is 13.5. The van der Waals surface area contributed by atoms with Gasteiger partial charge in [-0.1, -0.05) is 0 Å². The van der Waals surface area contributed by atoms with E-state index in [0.29, 0.717) is 11.5 Å². The van der Waals surface area contributed by atoms with Crippen molar-refractivity contribution in [3.8, 4) is 0 Å². The standard InChI is InChI=1S/C20H26FN7/c1-14(20(23)27-16-4-2-15(21)3-5-16)10-26-19-6-9-28(13-18(19)22)12-17-11-24-7-8-25-17/h2-5,7-8,10-11,18-19,26H,6,9,12-13,22H2,1H3,(H2,23,27)/b14-10-/t18-,19-/m1/s1. The first kappa shape index (κ1) is 19.9. The van der Waals surface area contributed by atoms with E-state index >= 15 is 0 Å². The van der Waals surface area contributed by atoms with Crippen LogP contribution in [0.3, 0.4) is 0 Å². The first-order valence-corrected chi connectivity index (χ1v) is 9.27. The molecule has 1 fully saturated rings. The van der Waals surface area contributed by atoms with Crippen LogP contribution in [0.25, 0.3) is 0 Å². The Morgan fingerprint density at radius 3 is 2.82 bits per heavy atom. The lowest BCUT2D eigenvalue weighted by Gasteiger charge is -2.36. The Kier molecular flexibility index (Phi) is 6.67. The summed E-state index contributed by atoms with van der Waals surface area (Å²) in [5, 5.41) is 3.37. The molecule has 2 aromatic rings. The fraction of sp³-hybridized carbons (Fsp3) is 0.350. The summed E-state index contributed by atoms with van der Waals surface area (Å²) in [5.41, 5.74) is 14.8. The number of piperidine rings is 1. The highest BCUT2D eigenvalue weighted by Gasteiger charge is 2.26. The minimum Gasteiger partial charge on any atom is -0.386 e. The maximum Gasteiger partial charge on any atom is 0.128 e. The fourth-order valence-electron chi connectivity index (χ4n) is 3.09. The number of hydrogen-bond donors (Lipinski definition) is 3. The van der Waals surface area contributed by atoms with Gasteiger partial charge in [-0.15, -0.1) is 0 Å². The minimum absolute atomic E-state index is 0.00951. The topological polar surface area (TPSA) is 105 Å². The predicted molar refractivity (Wildman–Crippen MR) is 108 cm³/mol. The van der Waals surface area contributed by atoms with Gasteiger partial charge < -0.3 is 16.8 Å². The normalized spacial score (nSPS) is 21.5. The zero-order valence-corrected chi connectivity index (χ0v) is 15.9. The summed E-state index contributed by atoms with van der Waals surface area (Å²) < 4.78 is 13.0. The number of nitrogens with two attached hydrogens (primary N) is 2. The molecule has 2 heterocycles. The molecule has 0 radical (unpaired) electrons. The molecule has 1 aliphatic rings. The average Bonchev–Trinajstić information content (AvgIpc) is 2.69. The summed E-state index contributed by atoms with van der Waals surface area (Å²) >= 11 is 0. The van der Waals surface area contributed by atoms with E-state index in [0.717, 1.165) is 37.3 Å². The van der Waals surface area contributed by atoms with Gasteiger partial charge in [-0.05, 0) is 37.6 Å². The van der Waals surface area contributed by atoms with Crippen molar-refractivity contribution in [2.75, 3.05) is 13.1 Å². The Morgan fingerprint density at radius 2 is 2.14 bits per heavy atom. The van der Waals surface area contributed by atoms with Gasteiger partial charge in [0.25, 0.3) is 0 Å². The molecule has 0 bridgehead atoms. The van der Waals surface area contributed by atoms with E-state index in [4.69, 9.17) is 11.5 Å². The lowest BCUT2D eigenvalue weighted by atomic mass is 10.00. The number of benzene rings is 1. The highest BCUT2D eigenvalue weighted by atomic mass is 19.1. The highest BCUT2D eigenvalue weighted by molar-refractivity contribution is 5.97. The number of nitrogens with one attached hydrogen (secondary N) is 1. The van der Waals surface area contributed by atoms with Gasteiger partial charge in [-0.3, -0.25) is 14.9 Å². The molecule has 0 aliphatic carbocycles. The lowest BCUT2D eigenvalue weighted by Crippen LogP contribution is -2.55. The second-order valence-corrected chi connectivity index (χ2v) is 6.96. The molecule has 5 N–H and O–H groups in total. The van der Waals surface area contributed by atoms with E-state index in [1.54, 1.807) is 30.7 Å². The van der Waals surface area contributed by atoms with Crippen LogP contribution in [-0.4, -0.2) is 45.9 Å². The molecular weight excluding hydrogens is 357 g/mol. The molecule has 8 heteroatoms. The van der Waals surface area contributed by atoms with Crippen molar-refractivity contribution in [1.82, 2.24) is 20.2 Å². The predicted octanol–water partition coefficient (Wildman–Crippen LogP) is 1.70. The number of hydrogen-bond acceptors (Lipinski definition) is 6. The van der Waals surface area contributed by atoms with Crippen LogP contribution in [0, 0.1) is 5.82 Å². The van der Waals surface area contributed by atoms with Gasteiger partial charge in [0.2, 0.25) is 0 Å². The summed E-state index contributed by atoms with van der Waals surface area (Å²) in [5.74, 6) is 0.0823. The Morgan fingerprint density at radius 1 is 1.36 bits per heavy atom. The molecule has 148 valence electrons. The van der Waals surface area contributed by atoms with Crippen LogP contribution in [-0.2, 0) is 6.54 Å². The number of nitrogens with zero attached hydrogens (tertiary/aromatic N) is 4. The Labute approximate surface area is 164 Å².